The van der Waals surface area contributed by atoms with E-state index in [1.165, 1.54) is 29.7 Å². The Balaban J connectivity index is 1.85. The van der Waals surface area contributed by atoms with Crippen molar-refractivity contribution in [2.24, 2.45) is 0 Å². The molecular formula is C14H19N3O3. The second-order valence-corrected chi connectivity index (χ2v) is 5.10. The second kappa shape index (κ2) is 6.36. The number of nitrogens with one attached hydrogen (secondary N) is 1. The van der Waals surface area contributed by atoms with Crippen molar-refractivity contribution in [3.63, 3.8) is 0 Å². The van der Waals surface area contributed by atoms with Gasteiger partial charge in [0, 0.05) is 19.8 Å². The smallest absolute Gasteiger partial charge is 0.322 e. The quantitative estimate of drug-likeness (QED) is 0.865. The van der Waals surface area contributed by atoms with Gasteiger partial charge in [-0.05, 0) is 30.4 Å². The highest BCUT2D eigenvalue weighted by Gasteiger charge is 2.19. The van der Waals surface area contributed by atoms with Gasteiger partial charge in [-0.25, -0.2) is 9.78 Å². The average molecular weight is 277 g/mol. The molecule has 0 unspecified atom stereocenters. The fraction of sp³-hybridized carbons (Fsp3) is 0.500. The van der Waals surface area contributed by atoms with Gasteiger partial charge in [-0.15, -0.1) is 0 Å². The van der Waals surface area contributed by atoms with E-state index in [1.807, 2.05) is 6.07 Å². The molecule has 0 saturated heterocycles. The molecule has 1 aromatic heterocycles. The van der Waals surface area contributed by atoms with Crippen molar-refractivity contribution in [2.75, 3.05) is 18.9 Å². The highest BCUT2D eigenvalue weighted by Crippen LogP contribution is 2.35. The SMILES string of the molecule is CN(CCC(=O)O)C(=O)Nc1ccc(C2CCC2)cn1. The molecule has 6 nitrogen and oxygen atoms in total. The van der Waals surface area contributed by atoms with Gasteiger partial charge >= 0.3 is 12.0 Å². The predicted molar refractivity (Wildman–Crippen MR) is 74.7 cm³/mol. The fourth-order valence-electron chi connectivity index (χ4n) is 2.03. The van der Waals surface area contributed by atoms with Gasteiger partial charge < -0.3 is 10.0 Å². The van der Waals surface area contributed by atoms with E-state index in [0.717, 1.165) is 0 Å². The lowest BCUT2D eigenvalue weighted by atomic mass is 9.81. The van der Waals surface area contributed by atoms with Crippen LogP contribution in [0, 0.1) is 0 Å². The van der Waals surface area contributed by atoms with Gasteiger partial charge in [0.15, 0.2) is 0 Å². The van der Waals surface area contributed by atoms with Gasteiger partial charge in [-0.1, -0.05) is 12.5 Å². The number of amides is 2. The number of anilines is 1. The van der Waals surface area contributed by atoms with Crippen molar-refractivity contribution in [2.45, 2.75) is 31.6 Å². The maximum absolute atomic E-state index is 11.8. The molecule has 1 aromatic rings. The Bertz CT molecular complexity index is 483. The summed E-state index contributed by atoms with van der Waals surface area (Å²) in [5, 5.41) is 11.2. The maximum atomic E-state index is 11.8. The number of aromatic nitrogens is 1. The summed E-state index contributed by atoms with van der Waals surface area (Å²) in [6, 6.07) is 3.43. The van der Waals surface area contributed by atoms with E-state index in [1.54, 1.807) is 19.3 Å². The first-order chi connectivity index (χ1) is 9.56. The predicted octanol–water partition coefficient (Wildman–Crippen LogP) is 2.29. The summed E-state index contributed by atoms with van der Waals surface area (Å²) in [4.78, 5) is 27.8. The minimum absolute atomic E-state index is 0.0715. The van der Waals surface area contributed by atoms with Crippen molar-refractivity contribution in [1.29, 1.82) is 0 Å². The summed E-state index contributed by atoms with van der Waals surface area (Å²) in [6.07, 6.45) is 5.43. The van der Waals surface area contributed by atoms with Crippen molar-refractivity contribution in [3.8, 4) is 0 Å². The van der Waals surface area contributed by atoms with Gasteiger partial charge in [-0.3, -0.25) is 10.1 Å². The number of nitrogens with zero attached hydrogens (tertiary/aromatic N) is 2. The Morgan fingerprint density at radius 1 is 1.45 bits per heavy atom. The van der Waals surface area contributed by atoms with E-state index in [9.17, 15) is 9.59 Å². The Labute approximate surface area is 117 Å². The number of hydrogen-bond acceptors (Lipinski definition) is 3. The molecule has 1 saturated carbocycles. The van der Waals surface area contributed by atoms with Crippen molar-refractivity contribution in [3.05, 3.63) is 23.9 Å². The standard InChI is InChI=1S/C14H19N3O3/c1-17(8-7-13(18)19)14(20)16-12-6-5-11(9-15-12)10-3-2-4-10/h5-6,9-10H,2-4,7-8H2,1H3,(H,18,19)(H,15,16,20). The highest BCUT2D eigenvalue weighted by molar-refractivity contribution is 5.88. The first-order valence-electron chi connectivity index (χ1n) is 6.76. The first kappa shape index (κ1) is 14.3. The van der Waals surface area contributed by atoms with Crippen LogP contribution < -0.4 is 5.32 Å². The van der Waals surface area contributed by atoms with Crippen LogP contribution in [-0.4, -0.2) is 40.6 Å². The van der Waals surface area contributed by atoms with Crippen molar-refractivity contribution >= 4 is 17.8 Å². The molecule has 6 heteroatoms. The molecule has 2 N–H and O–H groups in total. The third-order valence-electron chi connectivity index (χ3n) is 3.61. The second-order valence-electron chi connectivity index (χ2n) is 5.10. The van der Waals surface area contributed by atoms with Gasteiger partial charge in [0.1, 0.15) is 5.82 Å². The summed E-state index contributed by atoms with van der Waals surface area (Å²) in [5.41, 5.74) is 1.22. The van der Waals surface area contributed by atoms with E-state index in [4.69, 9.17) is 5.11 Å². The molecule has 2 amide bonds. The lowest BCUT2D eigenvalue weighted by Crippen LogP contribution is -2.33. The number of pyridine rings is 1. The maximum Gasteiger partial charge on any atom is 0.322 e. The molecule has 1 aliphatic rings. The average Bonchev–Trinajstić information content (AvgIpc) is 2.36. The summed E-state index contributed by atoms with van der Waals surface area (Å²) >= 11 is 0. The Kier molecular flexibility index (Phi) is 4.55. The van der Waals surface area contributed by atoms with E-state index < -0.39 is 5.97 Å². The van der Waals surface area contributed by atoms with Crippen LogP contribution in [0.15, 0.2) is 18.3 Å². The minimum atomic E-state index is -0.923. The number of carbonyl (C=O) groups is 2. The third kappa shape index (κ3) is 3.69. The third-order valence-corrected chi connectivity index (χ3v) is 3.61. The molecule has 0 aromatic carbocycles. The molecule has 0 spiro atoms. The van der Waals surface area contributed by atoms with Crippen LogP contribution in [0.4, 0.5) is 10.6 Å². The van der Waals surface area contributed by atoms with E-state index in [0.29, 0.717) is 11.7 Å². The Hall–Kier alpha value is -2.11. The summed E-state index contributed by atoms with van der Waals surface area (Å²) < 4.78 is 0. The zero-order valence-corrected chi connectivity index (χ0v) is 11.5. The van der Waals surface area contributed by atoms with E-state index in [2.05, 4.69) is 10.3 Å². The van der Waals surface area contributed by atoms with Crippen LogP contribution in [0.5, 0.6) is 0 Å². The Morgan fingerprint density at radius 2 is 2.20 bits per heavy atom. The topological polar surface area (TPSA) is 82.5 Å². The molecular weight excluding hydrogens is 258 g/mol. The highest BCUT2D eigenvalue weighted by atomic mass is 16.4. The monoisotopic (exact) mass is 277 g/mol. The van der Waals surface area contributed by atoms with Crippen LogP contribution in [0.3, 0.4) is 0 Å². The van der Waals surface area contributed by atoms with Crippen LogP contribution in [-0.2, 0) is 4.79 Å². The molecule has 20 heavy (non-hydrogen) atoms. The van der Waals surface area contributed by atoms with Crippen LogP contribution in [0.25, 0.3) is 0 Å². The molecule has 1 fully saturated rings. The molecule has 0 atom stereocenters. The summed E-state index contributed by atoms with van der Waals surface area (Å²) in [6.45, 7) is 0.168. The number of carboxylic acid groups (broad SMARTS) is 1. The molecule has 0 bridgehead atoms. The van der Waals surface area contributed by atoms with Gasteiger partial charge in [-0.2, -0.15) is 0 Å². The first-order valence-corrected chi connectivity index (χ1v) is 6.76. The van der Waals surface area contributed by atoms with Crippen LogP contribution >= 0.6 is 0 Å². The largest absolute Gasteiger partial charge is 0.481 e. The van der Waals surface area contributed by atoms with Gasteiger partial charge in [0.05, 0.1) is 6.42 Å². The molecule has 1 heterocycles. The van der Waals surface area contributed by atoms with Gasteiger partial charge in [0.2, 0.25) is 0 Å². The number of rotatable bonds is 5. The van der Waals surface area contributed by atoms with Crippen molar-refractivity contribution < 1.29 is 14.7 Å². The zero-order chi connectivity index (χ0) is 14.5. The number of carbonyl (C=O) groups excluding carboxylic acids is 1. The lowest BCUT2D eigenvalue weighted by Gasteiger charge is -2.25. The summed E-state index contributed by atoms with van der Waals surface area (Å²) in [7, 11) is 1.56. The number of carboxylic acids is 1. The number of aliphatic carboxylic acids is 1. The molecule has 2 rings (SSSR count). The Morgan fingerprint density at radius 3 is 2.70 bits per heavy atom. The van der Waals surface area contributed by atoms with Gasteiger partial charge in [0.25, 0.3) is 0 Å². The number of urea groups is 1. The van der Waals surface area contributed by atoms with Crippen LogP contribution in [0.2, 0.25) is 0 Å². The fourth-order valence-corrected chi connectivity index (χ4v) is 2.03. The normalized spacial score (nSPS) is 14.4. The lowest BCUT2D eigenvalue weighted by molar-refractivity contribution is -0.137. The molecule has 0 radical (unpaired) electrons. The van der Waals surface area contributed by atoms with Crippen LogP contribution in [0.1, 0.15) is 37.2 Å². The molecule has 0 aliphatic heterocycles. The van der Waals surface area contributed by atoms with Crippen molar-refractivity contribution in [1.82, 2.24) is 9.88 Å². The van der Waals surface area contributed by atoms with E-state index in [-0.39, 0.29) is 19.0 Å². The summed E-state index contributed by atoms with van der Waals surface area (Å²) in [5.74, 6) is 0.179. The zero-order valence-electron chi connectivity index (χ0n) is 11.5. The number of hydrogen-bond donors (Lipinski definition) is 2. The minimum Gasteiger partial charge on any atom is -0.481 e. The molecule has 108 valence electrons. The van der Waals surface area contributed by atoms with E-state index >= 15 is 0 Å². The molecule has 1 aliphatic carbocycles.